The molecular weight excluding hydrogens is 396 g/mol. The molecule has 2 aliphatic rings. The average molecular weight is 415 g/mol. The van der Waals surface area contributed by atoms with Crippen molar-refractivity contribution in [3.63, 3.8) is 0 Å². The van der Waals surface area contributed by atoms with Crippen LogP contribution in [0.1, 0.15) is 6.42 Å². The van der Waals surface area contributed by atoms with E-state index in [2.05, 4.69) is 15.3 Å². The molecule has 9 heteroatoms. The summed E-state index contributed by atoms with van der Waals surface area (Å²) in [6, 6.07) is 6.65. The Morgan fingerprint density at radius 2 is 1.87 bits per heavy atom. The first-order valence-electron chi connectivity index (χ1n) is 9.56. The van der Waals surface area contributed by atoms with Crippen LogP contribution >= 0.6 is 0 Å². The molecule has 2 aliphatic heterocycles. The molecule has 2 aromatic carbocycles. The normalized spacial score (nSPS) is 22.8. The van der Waals surface area contributed by atoms with Crippen molar-refractivity contribution in [2.75, 3.05) is 25.6 Å². The Bertz CT molecular complexity index is 1080. The molecule has 0 saturated carbocycles. The summed E-state index contributed by atoms with van der Waals surface area (Å²) < 4.78 is 50.2. The third-order valence-corrected chi connectivity index (χ3v) is 5.24. The third kappa shape index (κ3) is 3.50. The molecule has 3 aromatic rings. The molecule has 1 N–H and O–H groups in total. The van der Waals surface area contributed by atoms with Crippen molar-refractivity contribution >= 4 is 22.4 Å². The molecule has 0 aliphatic carbocycles. The van der Waals surface area contributed by atoms with Gasteiger partial charge in [-0.05, 0) is 24.6 Å². The lowest BCUT2D eigenvalue weighted by molar-refractivity contribution is 0.0298. The van der Waals surface area contributed by atoms with Crippen LogP contribution in [0.25, 0.3) is 10.9 Å². The molecule has 2 fully saturated rings. The number of fused-ring (bicyclic) bond motifs is 2. The fraction of sp³-hybridized carbons (Fsp3) is 0.333. The van der Waals surface area contributed by atoms with Gasteiger partial charge < -0.3 is 24.3 Å². The second-order valence-corrected chi connectivity index (χ2v) is 7.18. The summed E-state index contributed by atoms with van der Waals surface area (Å²) in [5.74, 6) is 0.00681. The van der Waals surface area contributed by atoms with Gasteiger partial charge in [0.05, 0.1) is 25.3 Å². The number of nitrogens with one attached hydrogen (secondary N) is 1. The Balaban J connectivity index is 1.48. The van der Waals surface area contributed by atoms with Crippen molar-refractivity contribution in [3.05, 3.63) is 48.3 Å². The van der Waals surface area contributed by atoms with Gasteiger partial charge in [-0.1, -0.05) is 0 Å². The van der Waals surface area contributed by atoms with Crippen molar-refractivity contribution in [1.82, 2.24) is 9.97 Å². The molecule has 0 spiro atoms. The van der Waals surface area contributed by atoms with Gasteiger partial charge in [0, 0.05) is 29.8 Å². The van der Waals surface area contributed by atoms with Crippen LogP contribution in [-0.4, -0.2) is 48.6 Å². The highest BCUT2D eigenvalue weighted by Gasteiger charge is 2.43. The van der Waals surface area contributed by atoms with Crippen LogP contribution in [0.2, 0.25) is 0 Å². The molecular formula is C21H19F2N3O4. The fourth-order valence-corrected chi connectivity index (χ4v) is 3.87. The quantitative estimate of drug-likeness (QED) is 0.683. The Labute approximate surface area is 170 Å². The van der Waals surface area contributed by atoms with E-state index in [9.17, 15) is 8.78 Å². The lowest BCUT2D eigenvalue weighted by Crippen LogP contribution is -2.32. The van der Waals surface area contributed by atoms with E-state index in [1.54, 1.807) is 12.1 Å². The molecule has 156 valence electrons. The SMILES string of the molecule is COc1cc2c(Nc3cc(F)cc(F)c3)ncnc2cc1O[C@@H]1COC2CCOC21. The lowest BCUT2D eigenvalue weighted by atomic mass is 10.1. The van der Waals surface area contributed by atoms with Gasteiger partial charge in [-0.25, -0.2) is 18.7 Å². The van der Waals surface area contributed by atoms with Gasteiger partial charge in [0.15, 0.2) is 17.6 Å². The van der Waals surface area contributed by atoms with Gasteiger partial charge in [0.25, 0.3) is 0 Å². The lowest BCUT2D eigenvalue weighted by Gasteiger charge is -2.20. The van der Waals surface area contributed by atoms with Crippen LogP contribution in [0.4, 0.5) is 20.3 Å². The van der Waals surface area contributed by atoms with Crippen molar-refractivity contribution in [2.45, 2.75) is 24.7 Å². The second kappa shape index (κ2) is 7.66. The third-order valence-electron chi connectivity index (χ3n) is 5.24. The molecule has 3 atom stereocenters. The minimum absolute atomic E-state index is 0.0613. The second-order valence-electron chi connectivity index (χ2n) is 7.18. The van der Waals surface area contributed by atoms with E-state index in [0.29, 0.717) is 41.4 Å². The van der Waals surface area contributed by atoms with E-state index < -0.39 is 11.6 Å². The van der Waals surface area contributed by atoms with Gasteiger partial charge >= 0.3 is 0 Å². The highest BCUT2D eigenvalue weighted by atomic mass is 19.1. The van der Waals surface area contributed by atoms with E-state index in [1.807, 2.05) is 0 Å². The Morgan fingerprint density at radius 3 is 2.67 bits per heavy atom. The smallest absolute Gasteiger partial charge is 0.164 e. The van der Waals surface area contributed by atoms with E-state index in [1.165, 1.54) is 25.6 Å². The predicted octanol–water partition coefficient (Wildman–Crippen LogP) is 3.60. The molecule has 30 heavy (non-hydrogen) atoms. The summed E-state index contributed by atoms with van der Waals surface area (Å²) in [6.45, 7) is 1.10. The molecule has 2 saturated heterocycles. The number of hydrogen-bond donors (Lipinski definition) is 1. The van der Waals surface area contributed by atoms with Crippen LogP contribution in [0.3, 0.4) is 0 Å². The highest BCUT2D eigenvalue weighted by molar-refractivity contribution is 5.93. The van der Waals surface area contributed by atoms with Gasteiger partial charge in [-0.2, -0.15) is 0 Å². The average Bonchev–Trinajstić information content (AvgIpc) is 3.32. The molecule has 5 rings (SSSR count). The predicted molar refractivity (Wildman–Crippen MR) is 104 cm³/mol. The van der Waals surface area contributed by atoms with Crippen molar-refractivity contribution in [1.29, 1.82) is 0 Å². The number of hydrogen-bond acceptors (Lipinski definition) is 7. The number of nitrogens with zero attached hydrogens (tertiary/aromatic N) is 2. The molecule has 7 nitrogen and oxygen atoms in total. The van der Waals surface area contributed by atoms with Crippen LogP contribution < -0.4 is 14.8 Å². The number of halogens is 2. The summed E-state index contributed by atoms with van der Waals surface area (Å²) in [6.07, 6.45) is 1.95. The molecule has 0 bridgehead atoms. The maximum Gasteiger partial charge on any atom is 0.164 e. The Morgan fingerprint density at radius 1 is 1.03 bits per heavy atom. The molecule has 2 unspecified atom stereocenters. The van der Waals surface area contributed by atoms with Gasteiger partial charge in [0.2, 0.25) is 0 Å². The summed E-state index contributed by atoms with van der Waals surface area (Å²) >= 11 is 0. The number of anilines is 2. The molecule has 0 radical (unpaired) electrons. The van der Waals surface area contributed by atoms with Crippen molar-refractivity contribution in [3.8, 4) is 11.5 Å². The number of benzene rings is 2. The molecule has 3 heterocycles. The van der Waals surface area contributed by atoms with Crippen LogP contribution in [0, 0.1) is 11.6 Å². The first kappa shape index (κ1) is 19.0. The molecule has 0 amide bonds. The van der Waals surface area contributed by atoms with E-state index in [0.717, 1.165) is 12.5 Å². The summed E-state index contributed by atoms with van der Waals surface area (Å²) in [4.78, 5) is 8.51. The summed E-state index contributed by atoms with van der Waals surface area (Å²) in [5.41, 5.74) is 0.822. The summed E-state index contributed by atoms with van der Waals surface area (Å²) in [5, 5.41) is 3.55. The molecule has 1 aromatic heterocycles. The van der Waals surface area contributed by atoms with E-state index in [-0.39, 0.29) is 24.0 Å². The van der Waals surface area contributed by atoms with Crippen molar-refractivity contribution in [2.24, 2.45) is 0 Å². The zero-order valence-electron chi connectivity index (χ0n) is 16.1. The maximum atomic E-state index is 13.5. The van der Waals surface area contributed by atoms with E-state index in [4.69, 9.17) is 18.9 Å². The standard InChI is InChI=1S/C21H19F2N3O4/c1-27-17-7-14-15(8-18(17)30-19-9-29-16-2-3-28-20(16)19)24-10-25-21(14)26-13-5-11(22)4-12(23)6-13/h4-8,10,16,19-20H,2-3,9H2,1H3,(H,24,25,26)/t16?,19-,20?/m1/s1. The number of methoxy groups -OCH3 is 1. The largest absolute Gasteiger partial charge is 0.493 e. The van der Waals surface area contributed by atoms with Gasteiger partial charge in [-0.15, -0.1) is 0 Å². The minimum atomic E-state index is -0.685. The number of rotatable bonds is 5. The van der Waals surface area contributed by atoms with Crippen LogP contribution in [-0.2, 0) is 9.47 Å². The van der Waals surface area contributed by atoms with Crippen molar-refractivity contribution < 1.29 is 27.7 Å². The zero-order valence-corrected chi connectivity index (χ0v) is 16.1. The first-order chi connectivity index (χ1) is 14.6. The maximum absolute atomic E-state index is 13.5. The van der Waals surface area contributed by atoms with Gasteiger partial charge in [0.1, 0.15) is 29.9 Å². The highest BCUT2D eigenvalue weighted by Crippen LogP contribution is 2.37. The first-order valence-corrected chi connectivity index (χ1v) is 9.56. The van der Waals surface area contributed by atoms with Crippen LogP contribution in [0.15, 0.2) is 36.7 Å². The number of aromatic nitrogens is 2. The monoisotopic (exact) mass is 415 g/mol. The zero-order chi connectivity index (χ0) is 20.7. The van der Waals surface area contributed by atoms with Gasteiger partial charge in [-0.3, -0.25) is 0 Å². The topological polar surface area (TPSA) is 74.7 Å². The Hall–Kier alpha value is -3.04. The fourth-order valence-electron chi connectivity index (χ4n) is 3.87. The van der Waals surface area contributed by atoms with Crippen LogP contribution in [0.5, 0.6) is 11.5 Å². The van der Waals surface area contributed by atoms with E-state index >= 15 is 0 Å². The summed E-state index contributed by atoms with van der Waals surface area (Å²) in [7, 11) is 1.53. The minimum Gasteiger partial charge on any atom is -0.493 e. The number of ether oxygens (including phenoxy) is 4. The Kier molecular flexibility index (Phi) is 4.84.